The Morgan fingerprint density at radius 2 is 1.91 bits per heavy atom. The van der Waals surface area contributed by atoms with Gasteiger partial charge in [0.1, 0.15) is 11.0 Å². The van der Waals surface area contributed by atoms with Crippen LogP contribution in [0.3, 0.4) is 0 Å². The van der Waals surface area contributed by atoms with Crippen LogP contribution < -0.4 is 15.5 Å². The summed E-state index contributed by atoms with van der Waals surface area (Å²) >= 11 is 0. The van der Waals surface area contributed by atoms with E-state index in [-0.39, 0.29) is 11.8 Å². The molecule has 0 unspecified atom stereocenters. The number of hydrogen-bond acceptors (Lipinski definition) is 8. The summed E-state index contributed by atoms with van der Waals surface area (Å²) < 4.78 is 34.9. The second-order valence-electron chi connectivity index (χ2n) is 8.52. The van der Waals surface area contributed by atoms with Crippen LogP contribution in [0.25, 0.3) is 22.1 Å². The standard InChI is InChI=1S/C23H26N6O4S/c1-16(30)33-23-26-20-14-25-22-19(21(20)29(23)27-10-7-17(13-24)8-11-27)9-12-28(22)34(31,32)15-18-5-3-2-4-6-18/h2-6,9,12,14,17H,7-8,10-11,13,15,24H2,1H3. The number of piperidine rings is 1. The summed E-state index contributed by atoms with van der Waals surface area (Å²) in [6.45, 7) is 3.37. The van der Waals surface area contributed by atoms with Gasteiger partial charge in [-0.25, -0.2) is 22.1 Å². The molecule has 0 amide bonds. The third kappa shape index (κ3) is 4.01. The van der Waals surface area contributed by atoms with E-state index in [0.29, 0.717) is 53.2 Å². The zero-order valence-corrected chi connectivity index (χ0v) is 19.6. The molecule has 3 aromatic heterocycles. The number of nitrogens with two attached hydrogens (primary N) is 1. The van der Waals surface area contributed by atoms with Crippen LogP contribution in [0.4, 0.5) is 0 Å². The third-order valence-corrected chi connectivity index (χ3v) is 7.77. The highest BCUT2D eigenvalue weighted by atomic mass is 32.2. The molecular formula is C23H26N6O4S. The van der Waals surface area contributed by atoms with E-state index in [1.54, 1.807) is 22.9 Å². The van der Waals surface area contributed by atoms with Gasteiger partial charge < -0.3 is 15.5 Å². The fourth-order valence-electron chi connectivity index (χ4n) is 4.48. The number of pyridine rings is 1. The van der Waals surface area contributed by atoms with Crippen molar-refractivity contribution < 1.29 is 17.9 Å². The molecule has 0 saturated carbocycles. The molecule has 1 aliphatic heterocycles. The van der Waals surface area contributed by atoms with Crippen LogP contribution in [0.2, 0.25) is 0 Å². The molecule has 0 atom stereocenters. The second kappa shape index (κ2) is 8.73. The van der Waals surface area contributed by atoms with Gasteiger partial charge in [-0.2, -0.15) is 4.98 Å². The number of carbonyl (C=O) groups is 1. The van der Waals surface area contributed by atoms with Crippen LogP contribution in [-0.2, 0) is 20.6 Å². The third-order valence-electron chi connectivity index (χ3n) is 6.18. The molecule has 0 radical (unpaired) electrons. The van der Waals surface area contributed by atoms with E-state index in [1.807, 2.05) is 18.2 Å². The molecule has 10 nitrogen and oxygen atoms in total. The number of nitrogens with zero attached hydrogens (tertiary/aromatic N) is 5. The Bertz CT molecular complexity index is 1450. The van der Waals surface area contributed by atoms with Gasteiger partial charge in [0.25, 0.3) is 0 Å². The first-order valence-electron chi connectivity index (χ1n) is 11.2. The molecule has 2 N–H and O–H groups in total. The van der Waals surface area contributed by atoms with Crippen LogP contribution in [0.5, 0.6) is 6.01 Å². The van der Waals surface area contributed by atoms with Crippen molar-refractivity contribution in [3.63, 3.8) is 0 Å². The molecule has 1 aromatic carbocycles. The molecule has 178 valence electrons. The minimum absolute atomic E-state index is 0.142. The van der Waals surface area contributed by atoms with Crippen molar-refractivity contribution in [2.75, 3.05) is 24.6 Å². The summed E-state index contributed by atoms with van der Waals surface area (Å²) in [5, 5.41) is 2.68. The van der Waals surface area contributed by atoms with Gasteiger partial charge in [-0.05, 0) is 36.9 Å². The lowest BCUT2D eigenvalue weighted by Crippen LogP contribution is -2.43. The topological polar surface area (TPSA) is 125 Å². The van der Waals surface area contributed by atoms with Gasteiger partial charge in [0.15, 0.2) is 5.65 Å². The Hall–Kier alpha value is -3.44. The molecule has 1 fully saturated rings. The summed E-state index contributed by atoms with van der Waals surface area (Å²) in [6, 6.07) is 10.9. The molecule has 11 heteroatoms. The van der Waals surface area contributed by atoms with Gasteiger partial charge in [0.05, 0.1) is 11.9 Å². The van der Waals surface area contributed by atoms with Crippen LogP contribution >= 0.6 is 0 Å². The quantitative estimate of drug-likeness (QED) is 0.414. The number of ether oxygens (including phenoxy) is 1. The first-order valence-corrected chi connectivity index (χ1v) is 12.8. The molecule has 0 bridgehead atoms. The Kier molecular flexibility index (Phi) is 5.74. The molecule has 0 spiro atoms. The number of carbonyl (C=O) groups excluding carboxylic acids is 1. The second-order valence-corrected chi connectivity index (χ2v) is 10.4. The van der Waals surface area contributed by atoms with Gasteiger partial charge >= 0.3 is 12.0 Å². The summed E-state index contributed by atoms with van der Waals surface area (Å²) in [7, 11) is -3.71. The predicted molar refractivity (Wildman–Crippen MR) is 129 cm³/mol. The predicted octanol–water partition coefficient (Wildman–Crippen LogP) is 2.00. The number of hydrogen-bond donors (Lipinski definition) is 1. The van der Waals surface area contributed by atoms with E-state index < -0.39 is 16.0 Å². The Labute approximate surface area is 197 Å². The summed E-state index contributed by atoms with van der Waals surface area (Å²) in [5.74, 6) is -0.197. The van der Waals surface area contributed by atoms with Crippen molar-refractivity contribution in [1.29, 1.82) is 0 Å². The lowest BCUT2D eigenvalue weighted by Gasteiger charge is -2.34. The molecule has 4 heterocycles. The molecule has 34 heavy (non-hydrogen) atoms. The SMILES string of the molecule is CC(=O)Oc1nc2cnc3c(ccn3S(=O)(=O)Cc3ccccc3)c2n1N1CCC(CN)CC1. The average Bonchev–Trinajstić information content (AvgIpc) is 3.40. The fourth-order valence-corrected chi connectivity index (χ4v) is 5.89. The van der Waals surface area contributed by atoms with Gasteiger partial charge in [0, 0.05) is 31.6 Å². The highest BCUT2D eigenvalue weighted by molar-refractivity contribution is 7.89. The van der Waals surface area contributed by atoms with Gasteiger partial charge in [-0.1, -0.05) is 30.3 Å². The number of benzene rings is 1. The minimum atomic E-state index is -3.71. The highest BCUT2D eigenvalue weighted by Gasteiger charge is 2.27. The number of rotatable bonds is 6. The lowest BCUT2D eigenvalue weighted by molar-refractivity contribution is -0.132. The van der Waals surface area contributed by atoms with Crippen molar-refractivity contribution in [1.82, 2.24) is 18.6 Å². The maximum absolute atomic E-state index is 13.2. The smallest absolute Gasteiger partial charge is 0.324 e. The minimum Gasteiger partial charge on any atom is -0.391 e. The van der Waals surface area contributed by atoms with Crippen molar-refractivity contribution in [3.05, 3.63) is 54.4 Å². The largest absolute Gasteiger partial charge is 0.391 e. The maximum atomic E-state index is 13.2. The van der Waals surface area contributed by atoms with Gasteiger partial charge in [-0.3, -0.25) is 4.79 Å². The van der Waals surface area contributed by atoms with Crippen LogP contribution in [0.15, 0.2) is 48.8 Å². The van der Waals surface area contributed by atoms with Crippen molar-refractivity contribution in [2.45, 2.75) is 25.5 Å². The Balaban J connectivity index is 1.63. The first-order chi connectivity index (χ1) is 16.4. The van der Waals surface area contributed by atoms with Crippen LogP contribution in [-0.4, -0.2) is 52.6 Å². The number of fused-ring (bicyclic) bond motifs is 3. The first kappa shape index (κ1) is 22.4. The summed E-state index contributed by atoms with van der Waals surface area (Å²) in [4.78, 5) is 20.7. The van der Waals surface area contributed by atoms with E-state index in [4.69, 9.17) is 10.5 Å². The summed E-state index contributed by atoms with van der Waals surface area (Å²) in [6.07, 6.45) is 4.83. The highest BCUT2D eigenvalue weighted by Crippen LogP contribution is 2.31. The zero-order chi connectivity index (χ0) is 23.9. The van der Waals surface area contributed by atoms with Crippen molar-refractivity contribution >= 4 is 38.1 Å². The molecule has 1 saturated heterocycles. The van der Waals surface area contributed by atoms with E-state index in [9.17, 15) is 13.2 Å². The van der Waals surface area contributed by atoms with Gasteiger partial charge in [0.2, 0.25) is 10.0 Å². The Morgan fingerprint density at radius 3 is 2.59 bits per heavy atom. The van der Waals surface area contributed by atoms with E-state index in [1.165, 1.54) is 23.3 Å². The number of imidazole rings is 1. The van der Waals surface area contributed by atoms with E-state index in [2.05, 4.69) is 15.0 Å². The zero-order valence-electron chi connectivity index (χ0n) is 18.8. The number of aromatic nitrogens is 4. The molecule has 1 aliphatic rings. The van der Waals surface area contributed by atoms with E-state index >= 15 is 0 Å². The van der Waals surface area contributed by atoms with Crippen molar-refractivity contribution in [2.24, 2.45) is 11.7 Å². The van der Waals surface area contributed by atoms with E-state index in [0.717, 1.165) is 12.8 Å². The van der Waals surface area contributed by atoms with Crippen LogP contribution in [0.1, 0.15) is 25.3 Å². The monoisotopic (exact) mass is 482 g/mol. The molecule has 4 aromatic rings. The fraction of sp³-hybridized carbons (Fsp3) is 0.348. The molecular weight excluding hydrogens is 456 g/mol. The Morgan fingerprint density at radius 1 is 1.18 bits per heavy atom. The summed E-state index contributed by atoms with van der Waals surface area (Å²) in [5.41, 5.74) is 8.01. The van der Waals surface area contributed by atoms with Crippen molar-refractivity contribution in [3.8, 4) is 6.01 Å². The maximum Gasteiger partial charge on any atom is 0.324 e. The lowest BCUT2D eigenvalue weighted by atomic mass is 9.98. The molecule has 5 rings (SSSR count). The average molecular weight is 483 g/mol. The normalized spacial score (nSPS) is 15.3. The van der Waals surface area contributed by atoms with Crippen LogP contribution in [0, 0.1) is 5.92 Å². The molecule has 0 aliphatic carbocycles. The van der Waals surface area contributed by atoms with Gasteiger partial charge in [-0.15, -0.1) is 0 Å². The number of esters is 1.